The molecule has 1 heteroatoms. The summed E-state index contributed by atoms with van der Waals surface area (Å²) in [5.41, 5.74) is 6.17. The fraction of sp³-hybridized carbons (Fsp3) is 0.0833. The minimum atomic E-state index is 1.19. The average Bonchev–Trinajstić information content (AvgIpc) is 3.00. The van der Waals surface area contributed by atoms with E-state index in [0.29, 0.717) is 0 Å². The number of hydrogen-bond donors (Lipinski definition) is 0. The molecule has 0 radical (unpaired) electrons. The van der Waals surface area contributed by atoms with Gasteiger partial charge in [-0.1, -0.05) is 72.8 Å². The van der Waals surface area contributed by atoms with Crippen LogP contribution >= 0.6 is 0 Å². The highest BCUT2D eigenvalue weighted by atomic mass is 15.0. The van der Waals surface area contributed by atoms with E-state index in [1.807, 2.05) is 0 Å². The number of para-hydroxylation sites is 1. The Bertz CT molecular complexity index is 1100. The van der Waals surface area contributed by atoms with Crippen LogP contribution in [-0.4, -0.2) is 4.57 Å². The van der Waals surface area contributed by atoms with Crippen molar-refractivity contribution in [2.45, 2.75) is 13.8 Å². The van der Waals surface area contributed by atoms with Crippen molar-refractivity contribution in [3.63, 3.8) is 0 Å². The number of nitrogens with zero attached hydrogens (tertiary/aromatic N) is 1. The molecule has 0 N–H and O–H groups in total. The third-order valence-corrected chi connectivity index (χ3v) is 4.67. The second-order valence-electron chi connectivity index (χ2n) is 6.16. The highest BCUT2D eigenvalue weighted by molar-refractivity contribution is 6.11. The first-order valence-electron chi connectivity index (χ1n) is 8.71. The summed E-state index contributed by atoms with van der Waals surface area (Å²) < 4.78 is 2.36. The van der Waals surface area contributed by atoms with Gasteiger partial charge in [0.05, 0.1) is 11.0 Å². The first kappa shape index (κ1) is 15.5. The first-order chi connectivity index (χ1) is 12.3. The Morgan fingerprint density at radius 1 is 0.720 bits per heavy atom. The molecule has 4 aromatic rings. The summed E-state index contributed by atoms with van der Waals surface area (Å²) in [5.74, 6) is 0. The van der Waals surface area contributed by atoms with Crippen LogP contribution in [0.4, 0.5) is 0 Å². The van der Waals surface area contributed by atoms with Crippen molar-refractivity contribution in [2.75, 3.05) is 0 Å². The maximum atomic E-state index is 2.36. The second-order valence-corrected chi connectivity index (χ2v) is 6.16. The van der Waals surface area contributed by atoms with Gasteiger partial charge in [-0.05, 0) is 43.2 Å². The van der Waals surface area contributed by atoms with Crippen LogP contribution in [0, 0.1) is 0 Å². The highest BCUT2D eigenvalue weighted by Gasteiger charge is 2.12. The van der Waals surface area contributed by atoms with Crippen LogP contribution in [0.2, 0.25) is 0 Å². The molecule has 0 atom stereocenters. The number of fused-ring (bicyclic) bond motifs is 3. The zero-order valence-corrected chi connectivity index (χ0v) is 14.6. The van der Waals surface area contributed by atoms with Crippen molar-refractivity contribution in [1.82, 2.24) is 4.57 Å². The van der Waals surface area contributed by atoms with Gasteiger partial charge >= 0.3 is 0 Å². The quantitative estimate of drug-likeness (QED) is 0.361. The van der Waals surface area contributed by atoms with E-state index in [1.165, 1.54) is 38.6 Å². The molecule has 4 rings (SSSR count). The smallest absolute Gasteiger partial charge is 0.0547 e. The molecule has 0 aliphatic rings. The van der Waals surface area contributed by atoms with E-state index in [4.69, 9.17) is 0 Å². The van der Waals surface area contributed by atoms with Crippen molar-refractivity contribution in [1.29, 1.82) is 0 Å². The van der Waals surface area contributed by atoms with Crippen molar-refractivity contribution in [3.05, 3.63) is 91.0 Å². The topological polar surface area (TPSA) is 4.93 Å². The molecular formula is C24H21N. The molecule has 0 amide bonds. The predicted molar refractivity (Wildman–Crippen MR) is 110 cm³/mol. The summed E-state index contributed by atoms with van der Waals surface area (Å²) in [6, 6.07) is 26.0. The molecule has 1 nitrogen and oxygen atoms in total. The van der Waals surface area contributed by atoms with Crippen LogP contribution in [0.5, 0.6) is 0 Å². The molecule has 0 saturated carbocycles. The Morgan fingerprint density at radius 3 is 2.20 bits per heavy atom. The molecule has 3 aromatic carbocycles. The Labute approximate surface area is 148 Å². The molecule has 1 heterocycles. The van der Waals surface area contributed by atoms with Gasteiger partial charge in [0.2, 0.25) is 0 Å². The molecule has 0 bridgehead atoms. The number of benzene rings is 3. The van der Waals surface area contributed by atoms with Gasteiger partial charge in [-0.2, -0.15) is 0 Å². The van der Waals surface area contributed by atoms with E-state index >= 15 is 0 Å². The molecule has 25 heavy (non-hydrogen) atoms. The maximum absolute atomic E-state index is 2.36. The maximum Gasteiger partial charge on any atom is 0.0547 e. The van der Waals surface area contributed by atoms with Crippen LogP contribution in [-0.2, 0) is 0 Å². The third kappa shape index (κ3) is 2.58. The van der Waals surface area contributed by atoms with Gasteiger partial charge in [0.25, 0.3) is 0 Å². The van der Waals surface area contributed by atoms with Gasteiger partial charge in [0.15, 0.2) is 0 Å². The number of rotatable bonds is 3. The Hall–Kier alpha value is -3.06. The highest BCUT2D eigenvalue weighted by Crippen LogP contribution is 2.34. The lowest BCUT2D eigenvalue weighted by Crippen LogP contribution is -1.94. The normalized spacial score (nSPS) is 12.5. The monoisotopic (exact) mass is 323 g/mol. The molecule has 0 spiro atoms. The Kier molecular flexibility index (Phi) is 3.99. The van der Waals surface area contributed by atoms with Gasteiger partial charge in [0, 0.05) is 16.5 Å². The van der Waals surface area contributed by atoms with Gasteiger partial charge in [0.1, 0.15) is 0 Å². The molecule has 0 aliphatic heterocycles. The van der Waals surface area contributed by atoms with Crippen molar-refractivity contribution in [2.24, 2.45) is 0 Å². The van der Waals surface area contributed by atoms with E-state index in [-0.39, 0.29) is 0 Å². The van der Waals surface area contributed by atoms with Crippen LogP contribution in [0.15, 0.2) is 91.0 Å². The third-order valence-electron chi connectivity index (χ3n) is 4.67. The standard InChI is InChI=1S/C24H21N/c1-3-10-20(4-2)25-23-14-9-8-13-21(23)22-16-15-19(17-24(22)25)18-11-6-5-7-12-18/h3-17H,1-2H3. The number of hydrogen-bond acceptors (Lipinski definition) is 0. The van der Waals surface area contributed by atoms with E-state index in [9.17, 15) is 0 Å². The average molecular weight is 323 g/mol. The van der Waals surface area contributed by atoms with Crippen molar-refractivity contribution < 1.29 is 0 Å². The zero-order chi connectivity index (χ0) is 17.2. The van der Waals surface area contributed by atoms with E-state index < -0.39 is 0 Å². The molecular weight excluding hydrogens is 302 g/mol. The molecule has 0 unspecified atom stereocenters. The molecule has 1 aromatic heterocycles. The van der Waals surface area contributed by atoms with E-state index in [1.54, 1.807) is 0 Å². The molecule has 0 fully saturated rings. The molecule has 0 saturated heterocycles. The summed E-state index contributed by atoms with van der Waals surface area (Å²) in [7, 11) is 0. The lowest BCUT2D eigenvalue weighted by Gasteiger charge is -2.09. The minimum Gasteiger partial charge on any atom is -0.310 e. The lowest BCUT2D eigenvalue weighted by molar-refractivity contribution is 1.23. The Morgan fingerprint density at radius 2 is 1.44 bits per heavy atom. The fourth-order valence-corrected chi connectivity index (χ4v) is 3.53. The summed E-state index contributed by atoms with van der Waals surface area (Å²) in [6.07, 6.45) is 6.43. The number of aromatic nitrogens is 1. The second kappa shape index (κ2) is 6.45. The van der Waals surface area contributed by atoms with Gasteiger partial charge in [-0.3, -0.25) is 0 Å². The van der Waals surface area contributed by atoms with E-state index in [2.05, 4.69) is 109 Å². The van der Waals surface area contributed by atoms with Crippen LogP contribution in [0.1, 0.15) is 13.8 Å². The van der Waals surface area contributed by atoms with Gasteiger partial charge < -0.3 is 4.57 Å². The summed E-state index contributed by atoms with van der Waals surface area (Å²) in [4.78, 5) is 0. The van der Waals surface area contributed by atoms with Crippen molar-refractivity contribution >= 4 is 27.5 Å². The Balaban J connectivity index is 2.09. The summed E-state index contributed by atoms with van der Waals surface area (Å²) >= 11 is 0. The van der Waals surface area contributed by atoms with Gasteiger partial charge in [-0.15, -0.1) is 0 Å². The predicted octanol–water partition coefficient (Wildman–Crippen LogP) is 6.90. The number of allylic oxidation sites excluding steroid dienone is 4. The van der Waals surface area contributed by atoms with Crippen LogP contribution in [0.3, 0.4) is 0 Å². The van der Waals surface area contributed by atoms with Crippen LogP contribution < -0.4 is 0 Å². The van der Waals surface area contributed by atoms with Gasteiger partial charge in [-0.25, -0.2) is 0 Å². The minimum absolute atomic E-state index is 1.19. The first-order valence-corrected chi connectivity index (χ1v) is 8.71. The SMILES string of the molecule is CC=CC(=CC)n1c2ccccc2c2ccc(-c3ccccc3)cc21. The lowest BCUT2D eigenvalue weighted by atomic mass is 10.0. The molecule has 0 aliphatic carbocycles. The van der Waals surface area contributed by atoms with E-state index in [0.717, 1.165) is 0 Å². The van der Waals surface area contributed by atoms with Crippen molar-refractivity contribution in [3.8, 4) is 11.1 Å². The van der Waals surface area contributed by atoms with Crippen LogP contribution in [0.25, 0.3) is 38.6 Å². The zero-order valence-electron chi connectivity index (χ0n) is 14.6. The largest absolute Gasteiger partial charge is 0.310 e. The fourth-order valence-electron chi connectivity index (χ4n) is 3.53. The molecule has 122 valence electrons. The summed E-state index contributed by atoms with van der Waals surface area (Å²) in [6.45, 7) is 4.16. The summed E-state index contributed by atoms with van der Waals surface area (Å²) in [5, 5.41) is 2.58.